The van der Waals surface area contributed by atoms with E-state index in [0.717, 1.165) is 11.1 Å². The van der Waals surface area contributed by atoms with Crippen molar-refractivity contribution >= 4 is 29.8 Å². The van der Waals surface area contributed by atoms with Crippen LogP contribution in [0.25, 0.3) is 12.2 Å². The molecule has 0 atom stereocenters. The summed E-state index contributed by atoms with van der Waals surface area (Å²) in [4.78, 5) is 28.2. The molecule has 8 nitrogen and oxygen atoms in total. The van der Waals surface area contributed by atoms with E-state index in [0.29, 0.717) is 54.2 Å². The summed E-state index contributed by atoms with van der Waals surface area (Å²) in [5.74, 6) is 1.49. The molecule has 1 N–H and O–H groups in total. The van der Waals surface area contributed by atoms with Gasteiger partial charge < -0.3 is 24.3 Å². The molecule has 0 aliphatic rings. The maximum Gasteiger partial charge on any atom is 0.343 e. The zero-order valence-corrected chi connectivity index (χ0v) is 20.9. The van der Waals surface area contributed by atoms with Gasteiger partial charge in [0.2, 0.25) is 11.7 Å². The zero-order chi connectivity index (χ0) is 25.9. The van der Waals surface area contributed by atoms with Crippen LogP contribution in [-0.4, -0.2) is 36.7 Å². The number of nitrogens with one attached hydrogen (secondary N) is 1. The van der Waals surface area contributed by atoms with Crippen LogP contribution >= 0.6 is 0 Å². The van der Waals surface area contributed by atoms with Crippen molar-refractivity contribution in [2.75, 3.05) is 25.1 Å². The number of hydrogen-bond donors (Lipinski definition) is 1. The van der Waals surface area contributed by atoms with Gasteiger partial charge in [0.1, 0.15) is 11.6 Å². The molecule has 0 aliphatic carbocycles. The van der Waals surface area contributed by atoms with E-state index in [4.69, 9.17) is 18.9 Å². The molecule has 3 rings (SSSR count). The lowest BCUT2D eigenvalue weighted by atomic mass is 10.1. The van der Waals surface area contributed by atoms with E-state index < -0.39 is 5.97 Å². The van der Waals surface area contributed by atoms with Crippen LogP contribution in [0.3, 0.4) is 0 Å². The Morgan fingerprint density at radius 3 is 2.03 bits per heavy atom. The molecule has 188 valence electrons. The molecule has 1 heterocycles. The highest BCUT2D eigenvalue weighted by atomic mass is 16.5. The first-order chi connectivity index (χ1) is 17.4. The number of pyridine rings is 1. The Morgan fingerprint density at radius 1 is 0.833 bits per heavy atom. The Morgan fingerprint density at radius 2 is 1.44 bits per heavy atom. The number of aromatic nitrogens is 1. The number of amides is 1. The second-order valence-corrected chi connectivity index (χ2v) is 7.55. The number of hydrogen-bond acceptors (Lipinski definition) is 7. The standard InChI is InChI=1S/C28H30N2O6/c1-5-33-24-17-22(18-25(34-6-2)27(24)35-7-3)28(32)36-23-12-10-20(11-13-23)8-9-21-14-15-29-26(16-21)30-19(4)31/h8-18H,5-7H2,1-4H3,(H,29,30,31)/b9-8+. The molecule has 8 heteroatoms. The van der Waals surface area contributed by atoms with E-state index in [2.05, 4.69) is 10.3 Å². The third kappa shape index (κ3) is 7.33. The minimum atomic E-state index is -0.537. The van der Waals surface area contributed by atoms with Crippen LogP contribution in [0.4, 0.5) is 5.82 Å². The minimum absolute atomic E-state index is 0.178. The van der Waals surface area contributed by atoms with Crippen molar-refractivity contribution in [2.24, 2.45) is 0 Å². The predicted octanol–water partition coefficient (Wildman–Crippen LogP) is 5.63. The number of carbonyl (C=O) groups is 2. The molecule has 36 heavy (non-hydrogen) atoms. The molecule has 2 aromatic carbocycles. The first-order valence-electron chi connectivity index (χ1n) is 11.7. The largest absolute Gasteiger partial charge is 0.490 e. The second kappa shape index (κ2) is 12.9. The molecule has 0 bridgehead atoms. The molecule has 0 saturated heterocycles. The van der Waals surface area contributed by atoms with Crippen molar-refractivity contribution in [3.05, 3.63) is 71.4 Å². The molecule has 0 radical (unpaired) electrons. The lowest BCUT2D eigenvalue weighted by Crippen LogP contribution is -2.11. The Labute approximate surface area is 210 Å². The first kappa shape index (κ1) is 26.3. The van der Waals surface area contributed by atoms with Crippen LogP contribution in [-0.2, 0) is 4.79 Å². The van der Waals surface area contributed by atoms with E-state index in [1.807, 2.05) is 51.1 Å². The Balaban J connectivity index is 1.73. The van der Waals surface area contributed by atoms with Gasteiger partial charge in [0.15, 0.2) is 11.5 Å². The van der Waals surface area contributed by atoms with E-state index in [1.54, 1.807) is 36.5 Å². The van der Waals surface area contributed by atoms with Crippen LogP contribution < -0.4 is 24.3 Å². The monoisotopic (exact) mass is 490 g/mol. The normalized spacial score (nSPS) is 10.7. The van der Waals surface area contributed by atoms with Gasteiger partial charge in [0, 0.05) is 13.1 Å². The van der Waals surface area contributed by atoms with Crippen molar-refractivity contribution < 1.29 is 28.5 Å². The first-order valence-corrected chi connectivity index (χ1v) is 11.7. The highest BCUT2D eigenvalue weighted by molar-refractivity contribution is 5.93. The average Bonchev–Trinajstić information content (AvgIpc) is 2.85. The SMILES string of the molecule is CCOc1cc(C(=O)Oc2ccc(/C=C/c3ccnc(NC(C)=O)c3)cc2)cc(OCC)c1OCC. The molecular weight excluding hydrogens is 460 g/mol. The number of ether oxygens (including phenoxy) is 4. The predicted molar refractivity (Wildman–Crippen MR) is 139 cm³/mol. The topological polar surface area (TPSA) is 96.0 Å². The summed E-state index contributed by atoms with van der Waals surface area (Å²) in [5.41, 5.74) is 2.09. The summed E-state index contributed by atoms with van der Waals surface area (Å²) in [5, 5.41) is 2.66. The summed E-state index contributed by atoms with van der Waals surface area (Å²) < 4.78 is 22.6. The maximum absolute atomic E-state index is 12.9. The number of rotatable bonds is 11. The van der Waals surface area contributed by atoms with Gasteiger partial charge in [-0.05, 0) is 68.3 Å². The summed E-state index contributed by atoms with van der Waals surface area (Å²) in [7, 11) is 0. The fourth-order valence-corrected chi connectivity index (χ4v) is 3.31. The van der Waals surface area contributed by atoms with Gasteiger partial charge >= 0.3 is 5.97 Å². The molecule has 0 unspecified atom stereocenters. The van der Waals surface area contributed by atoms with Gasteiger partial charge in [-0.2, -0.15) is 0 Å². The summed E-state index contributed by atoms with van der Waals surface area (Å²) in [6, 6.07) is 13.9. The van der Waals surface area contributed by atoms with Crippen molar-refractivity contribution in [3.63, 3.8) is 0 Å². The highest BCUT2D eigenvalue weighted by Gasteiger charge is 2.19. The summed E-state index contributed by atoms with van der Waals surface area (Å²) in [6.45, 7) is 8.26. The van der Waals surface area contributed by atoms with Crippen molar-refractivity contribution in [1.29, 1.82) is 0 Å². The van der Waals surface area contributed by atoms with Crippen molar-refractivity contribution in [3.8, 4) is 23.0 Å². The third-order valence-corrected chi connectivity index (χ3v) is 4.79. The van der Waals surface area contributed by atoms with E-state index >= 15 is 0 Å². The number of carbonyl (C=O) groups excluding carboxylic acids is 2. The Kier molecular flexibility index (Phi) is 9.45. The molecule has 0 fully saturated rings. The lowest BCUT2D eigenvalue weighted by Gasteiger charge is -2.16. The van der Waals surface area contributed by atoms with E-state index in [1.165, 1.54) is 6.92 Å². The van der Waals surface area contributed by atoms with Crippen LogP contribution in [0.5, 0.6) is 23.0 Å². The molecule has 3 aromatic rings. The molecule has 0 saturated carbocycles. The quantitative estimate of drug-likeness (QED) is 0.275. The van der Waals surface area contributed by atoms with Crippen LogP contribution in [0.1, 0.15) is 49.2 Å². The third-order valence-electron chi connectivity index (χ3n) is 4.79. The molecule has 0 aliphatic heterocycles. The number of nitrogens with zero attached hydrogens (tertiary/aromatic N) is 1. The van der Waals surface area contributed by atoms with Gasteiger partial charge in [0.25, 0.3) is 0 Å². The Hall–Kier alpha value is -4.33. The minimum Gasteiger partial charge on any atom is -0.490 e. The van der Waals surface area contributed by atoms with Crippen LogP contribution in [0, 0.1) is 0 Å². The number of benzene rings is 2. The summed E-state index contributed by atoms with van der Waals surface area (Å²) >= 11 is 0. The van der Waals surface area contributed by atoms with Gasteiger partial charge in [-0.25, -0.2) is 9.78 Å². The lowest BCUT2D eigenvalue weighted by molar-refractivity contribution is -0.114. The van der Waals surface area contributed by atoms with Crippen molar-refractivity contribution in [1.82, 2.24) is 4.98 Å². The van der Waals surface area contributed by atoms with Gasteiger partial charge in [-0.1, -0.05) is 24.3 Å². The number of anilines is 1. The number of esters is 1. The van der Waals surface area contributed by atoms with E-state index in [-0.39, 0.29) is 5.91 Å². The average molecular weight is 491 g/mol. The van der Waals surface area contributed by atoms with Crippen molar-refractivity contribution in [2.45, 2.75) is 27.7 Å². The molecule has 1 aromatic heterocycles. The molecule has 0 spiro atoms. The zero-order valence-electron chi connectivity index (χ0n) is 20.9. The summed E-state index contributed by atoms with van der Waals surface area (Å²) in [6.07, 6.45) is 5.44. The van der Waals surface area contributed by atoms with Gasteiger partial charge in [-0.3, -0.25) is 4.79 Å². The smallest absolute Gasteiger partial charge is 0.343 e. The molecular formula is C28H30N2O6. The van der Waals surface area contributed by atoms with Crippen LogP contribution in [0.15, 0.2) is 54.7 Å². The highest BCUT2D eigenvalue weighted by Crippen LogP contribution is 2.39. The van der Waals surface area contributed by atoms with Gasteiger partial charge in [-0.15, -0.1) is 0 Å². The molecule has 1 amide bonds. The Bertz CT molecular complexity index is 1190. The fourth-order valence-electron chi connectivity index (χ4n) is 3.31. The van der Waals surface area contributed by atoms with Gasteiger partial charge in [0.05, 0.1) is 25.4 Å². The van der Waals surface area contributed by atoms with Crippen LogP contribution in [0.2, 0.25) is 0 Å². The fraction of sp³-hybridized carbons (Fsp3) is 0.250. The maximum atomic E-state index is 12.9. The second-order valence-electron chi connectivity index (χ2n) is 7.55. The van der Waals surface area contributed by atoms with E-state index in [9.17, 15) is 9.59 Å².